The van der Waals surface area contributed by atoms with Gasteiger partial charge in [0.15, 0.2) is 17.1 Å². The van der Waals surface area contributed by atoms with Crippen molar-refractivity contribution in [1.29, 1.82) is 0 Å². The molecule has 0 saturated heterocycles. The minimum atomic E-state index is -5.02. The normalized spacial score (nSPS) is 15.9. The maximum atomic E-state index is 14.1. The lowest BCUT2D eigenvalue weighted by atomic mass is 9.75. The number of unbranched alkanes of at least 4 members (excludes halogenated alkanes) is 1. The molecule has 0 fully saturated rings. The molecule has 1 amide bonds. The zero-order chi connectivity index (χ0) is 44.8. The number of benzene rings is 4. The van der Waals surface area contributed by atoms with Gasteiger partial charge in [-0.3, -0.25) is 14.4 Å². The summed E-state index contributed by atoms with van der Waals surface area (Å²) in [7, 11) is -2.63. The molecular weight excluding hydrogens is 842 g/mol. The molecule has 4 aromatic rings. The molecular formula is C44H43ClF3NO11P+. The average molecular weight is 885 g/mol. The highest BCUT2D eigenvalue weighted by Gasteiger charge is 2.56. The minimum Gasteiger partial charge on any atom is -0.455 e. The van der Waals surface area contributed by atoms with Crippen molar-refractivity contribution in [3.63, 3.8) is 0 Å². The number of carbonyl (C=O) groups is 5. The van der Waals surface area contributed by atoms with Crippen LogP contribution in [0.2, 0.25) is 5.02 Å². The first-order valence-corrected chi connectivity index (χ1v) is 20.9. The molecule has 0 saturated carbocycles. The summed E-state index contributed by atoms with van der Waals surface area (Å²) in [5.41, 5.74) is -2.70. The summed E-state index contributed by atoms with van der Waals surface area (Å²) in [4.78, 5) is 64.2. The Hall–Kier alpha value is -5.37. The van der Waals surface area contributed by atoms with Crippen LogP contribution < -0.4 is 24.8 Å². The van der Waals surface area contributed by atoms with Crippen LogP contribution >= 0.6 is 19.6 Å². The molecule has 2 aliphatic heterocycles. The molecule has 1 N–H and O–H groups in total. The Kier molecular flexibility index (Phi) is 12.5. The van der Waals surface area contributed by atoms with E-state index in [0.717, 1.165) is 0 Å². The number of hydrogen-bond donors (Lipinski definition) is 1. The van der Waals surface area contributed by atoms with E-state index in [2.05, 4.69) is 0 Å². The highest BCUT2D eigenvalue weighted by Crippen LogP contribution is 2.62. The fourth-order valence-corrected chi connectivity index (χ4v) is 7.90. The van der Waals surface area contributed by atoms with Crippen LogP contribution in [-0.2, 0) is 45.0 Å². The van der Waals surface area contributed by atoms with Gasteiger partial charge in [0.1, 0.15) is 28.9 Å². The summed E-state index contributed by atoms with van der Waals surface area (Å²) in [6, 6.07) is 14.3. The second kappa shape index (κ2) is 16.8. The lowest BCUT2D eigenvalue weighted by Gasteiger charge is -2.38. The standard InChI is InChI=1S/C44H42ClF3NO11P/c1-23(50)14-15-24-20-30-36(34(45)35(24)59-40(54)42(5,6)7)57-32-22-31(58-39(53)41(2,3)4)26-12-8-9-13-27(26)33(32)43(30)29-21-25(16-17-28(29)37(51)60-43)61(55)56-19-11-10-18-49-38(52)44(46,47)48/h8-9,12-13,16-17,20-22H,10-11,14-15,18-19H2,1-7H3/p+1. The molecule has 0 bridgehead atoms. The van der Waals surface area contributed by atoms with Crippen LogP contribution in [0.3, 0.4) is 0 Å². The third kappa shape index (κ3) is 9.01. The smallest absolute Gasteiger partial charge is 0.455 e. The number of amides is 1. The number of rotatable bonds is 12. The van der Waals surface area contributed by atoms with Crippen LogP contribution in [0.15, 0.2) is 54.6 Å². The Morgan fingerprint density at radius 1 is 0.869 bits per heavy atom. The van der Waals surface area contributed by atoms with Crippen LogP contribution in [-0.4, -0.2) is 48.9 Å². The number of esters is 3. The topological polar surface area (TPSA) is 161 Å². The predicted molar refractivity (Wildman–Crippen MR) is 218 cm³/mol. The first-order valence-electron chi connectivity index (χ1n) is 19.3. The molecule has 0 radical (unpaired) electrons. The van der Waals surface area contributed by atoms with E-state index in [4.69, 9.17) is 35.1 Å². The molecule has 2 aliphatic rings. The van der Waals surface area contributed by atoms with Crippen molar-refractivity contribution in [3.05, 3.63) is 87.4 Å². The lowest BCUT2D eigenvalue weighted by Crippen LogP contribution is -2.37. The first kappa shape index (κ1) is 45.2. The van der Waals surface area contributed by atoms with E-state index in [-0.39, 0.29) is 94.6 Å². The number of nitrogens with one attached hydrogen (secondary N) is 1. The highest BCUT2D eigenvalue weighted by molar-refractivity contribution is 7.48. The number of Topliss-reactive ketones (excluding diaryl/α,β-unsaturated/α-hetero) is 1. The van der Waals surface area contributed by atoms with Crippen molar-refractivity contribution < 1.29 is 65.2 Å². The van der Waals surface area contributed by atoms with Crippen LogP contribution in [0, 0.1) is 10.8 Å². The van der Waals surface area contributed by atoms with E-state index in [1.54, 1.807) is 77.2 Å². The summed E-state index contributed by atoms with van der Waals surface area (Å²) < 4.78 is 81.9. The quantitative estimate of drug-likeness (QED) is 0.0625. The third-order valence-electron chi connectivity index (χ3n) is 9.92. The summed E-state index contributed by atoms with van der Waals surface area (Å²) in [5, 5.41) is 2.61. The van der Waals surface area contributed by atoms with E-state index in [9.17, 15) is 41.7 Å². The van der Waals surface area contributed by atoms with Crippen LogP contribution in [0.1, 0.15) is 100 Å². The molecule has 2 atom stereocenters. The maximum absolute atomic E-state index is 14.1. The van der Waals surface area contributed by atoms with E-state index < -0.39 is 54.5 Å². The third-order valence-corrected chi connectivity index (χ3v) is 11.4. The van der Waals surface area contributed by atoms with Gasteiger partial charge in [-0.1, -0.05) is 35.9 Å². The molecule has 61 heavy (non-hydrogen) atoms. The van der Waals surface area contributed by atoms with E-state index in [1.165, 1.54) is 31.2 Å². The van der Waals surface area contributed by atoms with Gasteiger partial charge in [-0.05, 0) is 101 Å². The number of halogens is 4. The molecule has 2 unspecified atom stereocenters. The van der Waals surface area contributed by atoms with Crippen molar-refractivity contribution in [2.75, 3.05) is 13.2 Å². The molecule has 1 spiro atoms. The number of ether oxygens (including phenoxy) is 4. The highest BCUT2D eigenvalue weighted by atomic mass is 35.5. The number of fused-ring (bicyclic) bond motifs is 8. The number of ketones is 1. The zero-order valence-electron chi connectivity index (χ0n) is 34.4. The molecule has 0 aromatic heterocycles. The predicted octanol–water partition coefficient (Wildman–Crippen LogP) is 9.33. The van der Waals surface area contributed by atoms with Crippen LogP contribution in [0.5, 0.6) is 23.0 Å². The van der Waals surface area contributed by atoms with Gasteiger partial charge in [0.05, 0.1) is 22.0 Å². The van der Waals surface area contributed by atoms with E-state index in [1.807, 2.05) is 0 Å². The van der Waals surface area contributed by atoms with Gasteiger partial charge < -0.3 is 29.1 Å². The van der Waals surface area contributed by atoms with Gasteiger partial charge in [0.2, 0.25) is 5.30 Å². The Balaban J connectivity index is 1.54. The van der Waals surface area contributed by atoms with Gasteiger partial charge in [-0.25, -0.2) is 4.79 Å². The minimum absolute atomic E-state index is 0.0259. The SMILES string of the molecule is CC(=O)CCc1cc2c(c(Cl)c1OC(=O)C(C)(C)C)Oc1cc(OC(=O)C(C)(C)C)c3ccccc3c1C21OC(=O)c2ccc([P+](=O)OCCCCNC(=O)C(F)(F)F)cc21. The fourth-order valence-electron chi connectivity index (χ4n) is 6.73. The molecule has 12 nitrogen and oxygen atoms in total. The van der Waals surface area contributed by atoms with Gasteiger partial charge in [0.25, 0.3) is 0 Å². The van der Waals surface area contributed by atoms with Crippen molar-refractivity contribution in [3.8, 4) is 23.0 Å². The van der Waals surface area contributed by atoms with Crippen molar-refractivity contribution in [1.82, 2.24) is 5.32 Å². The van der Waals surface area contributed by atoms with Gasteiger partial charge in [-0.15, -0.1) is 4.52 Å². The second-order valence-corrected chi connectivity index (χ2v) is 18.5. The van der Waals surface area contributed by atoms with Gasteiger partial charge in [-0.2, -0.15) is 13.2 Å². The number of aryl methyl sites for hydroxylation is 1. The average Bonchev–Trinajstić information content (AvgIpc) is 3.46. The molecule has 17 heteroatoms. The second-order valence-electron chi connectivity index (χ2n) is 16.8. The van der Waals surface area contributed by atoms with Gasteiger partial charge >= 0.3 is 38.0 Å². The van der Waals surface area contributed by atoms with Crippen LogP contribution in [0.4, 0.5) is 13.2 Å². The first-order chi connectivity index (χ1) is 28.4. The molecule has 0 aliphatic carbocycles. The largest absolute Gasteiger partial charge is 0.548 e. The zero-order valence-corrected chi connectivity index (χ0v) is 36.0. The van der Waals surface area contributed by atoms with Crippen molar-refractivity contribution in [2.24, 2.45) is 10.8 Å². The van der Waals surface area contributed by atoms with E-state index >= 15 is 0 Å². The Bertz CT molecular complexity index is 2510. The summed E-state index contributed by atoms with van der Waals surface area (Å²) in [6.45, 7) is 11.0. The number of alkyl halides is 3. The summed E-state index contributed by atoms with van der Waals surface area (Å²) in [5.74, 6) is -4.17. The molecule has 322 valence electrons. The Morgan fingerprint density at radius 2 is 1.52 bits per heavy atom. The molecule has 4 aromatic carbocycles. The lowest BCUT2D eigenvalue weighted by molar-refractivity contribution is -0.173. The summed E-state index contributed by atoms with van der Waals surface area (Å²) in [6.07, 6.45) is -4.67. The summed E-state index contributed by atoms with van der Waals surface area (Å²) >= 11 is 7.19. The van der Waals surface area contributed by atoms with Crippen molar-refractivity contribution in [2.45, 2.75) is 85.9 Å². The number of carbonyl (C=O) groups excluding carboxylic acids is 5. The molecule has 2 heterocycles. The Morgan fingerprint density at radius 3 is 2.16 bits per heavy atom. The van der Waals surface area contributed by atoms with Crippen molar-refractivity contribution >= 4 is 65.3 Å². The molecule has 6 rings (SSSR count). The van der Waals surface area contributed by atoms with Gasteiger partial charge in [0, 0.05) is 41.6 Å². The van der Waals surface area contributed by atoms with Crippen LogP contribution in [0.25, 0.3) is 10.8 Å². The fraction of sp³-hybridized carbons (Fsp3) is 0.386. The Labute approximate surface area is 355 Å². The number of hydrogen-bond acceptors (Lipinski definition) is 11. The monoisotopic (exact) mass is 884 g/mol. The maximum Gasteiger partial charge on any atom is 0.548 e. The van der Waals surface area contributed by atoms with E-state index in [0.29, 0.717) is 21.9 Å².